The zero-order chi connectivity index (χ0) is 14.1. The van der Waals surface area contributed by atoms with Crippen molar-refractivity contribution in [3.8, 4) is 0 Å². The molecule has 0 heterocycles. The van der Waals surface area contributed by atoms with Crippen LogP contribution in [0.5, 0.6) is 0 Å². The Balaban J connectivity index is 2.37. The normalized spacial score (nSPS) is 15.0. The predicted molar refractivity (Wildman–Crippen MR) is 66.6 cm³/mol. The Bertz CT molecular complexity index is 542. The zero-order valence-electron chi connectivity index (χ0n) is 10.3. The Kier molecular flexibility index (Phi) is 3.37. The molecule has 1 nitrogen and oxygen atoms in total. The summed E-state index contributed by atoms with van der Waals surface area (Å²) >= 11 is 0. The Morgan fingerprint density at radius 3 is 1.63 bits per heavy atom. The molecule has 19 heavy (non-hydrogen) atoms. The molecule has 0 spiro atoms. The maximum Gasteiger partial charge on any atom is 0.416 e. The highest BCUT2D eigenvalue weighted by molar-refractivity contribution is 5.36. The van der Waals surface area contributed by atoms with Gasteiger partial charge in [0.15, 0.2) is 0 Å². The minimum Gasteiger partial charge on any atom is -0.381 e. The van der Waals surface area contributed by atoms with E-state index in [1.165, 1.54) is 12.1 Å². The smallest absolute Gasteiger partial charge is 0.381 e. The van der Waals surface area contributed by atoms with E-state index in [9.17, 15) is 18.3 Å². The second-order valence-electron chi connectivity index (χ2n) is 4.51. The van der Waals surface area contributed by atoms with Crippen molar-refractivity contribution in [2.75, 3.05) is 0 Å². The summed E-state index contributed by atoms with van der Waals surface area (Å²) in [6.45, 7) is 1.56. The van der Waals surface area contributed by atoms with E-state index in [2.05, 4.69) is 0 Å². The van der Waals surface area contributed by atoms with Crippen molar-refractivity contribution < 1.29 is 18.3 Å². The second-order valence-corrected chi connectivity index (χ2v) is 4.51. The molecule has 0 aromatic heterocycles. The molecule has 0 aliphatic heterocycles. The van der Waals surface area contributed by atoms with Gasteiger partial charge in [0.05, 0.1) is 5.56 Å². The lowest BCUT2D eigenvalue weighted by molar-refractivity contribution is -0.137. The highest BCUT2D eigenvalue weighted by Gasteiger charge is 2.31. The first-order valence-corrected chi connectivity index (χ1v) is 5.77. The van der Waals surface area contributed by atoms with Crippen LogP contribution in [0.25, 0.3) is 0 Å². The molecule has 2 aromatic rings. The van der Waals surface area contributed by atoms with Gasteiger partial charge in [-0.25, -0.2) is 0 Å². The van der Waals surface area contributed by atoms with E-state index in [-0.39, 0.29) is 0 Å². The number of alkyl halides is 3. The molecule has 2 aromatic carbocycles. The first-order valence-electron chi connectivity index (χ1n) is 5.77. The van der Waals surface area contributed by atoms with Crippen molar-refractivity contribution in [1.29, 1.82) is 0 Å². The van der Waals surface area contributed by atoms with Crippen LogP contribution in [0.1, 0.15) is 23.6 Å². The van der Waals surface area contributed by atoms with Crippen LogP contribution >= 0.6 is 0 Å². The van der Waals surface area contributed by atoms with Gasteiger partial charge in [0.25, 0.3) is 0 Å². The lowest BCUT2D eigenvalue weighted by Gasteiger charge is -2.24. The summed E-state index contributed by atoms with van der Waals surface area (Å²) in [4.78, 5) is 0. The lowest BCUT2D eigenvalue weighted by Crippen LogP contribution is -2.22. The van der Waals surface area contributed by atoms with Gasteiger partial charge in [-0.05, 0) is 30.2 Å². The summed E-state index contributed by atoms with van der Waals surface area (Å²) in [7, 11) is 0. The fraction of sp³-hybridized carbons (Fsp3) is 0.200. The van der Waals surface area contributed by atoms with Gasteiger partial charge in [-0.15, -0.1) is 0 Å². The van der Waals surface area contributed by atoms with Gasteiger partial charge in [0, 0.05) is 0 Å². The number of hydrogen-bond donors (Lipinski definition) is 1. The third kappa shape index (κ3) is 2.79. The van der Waals surface area contributed by atoms with Crippen molar-refractivity contribution >= 4 is 0 Å². The van der Waals surface area contributed by atoms with E-state index in [0.29, 0.717) is 11.1 Å². The average molecular weight is 266 g/mol. The maximum absolute atomic E-state index is 12.5. The summed E-state index contributed by atoms with van der Waals surface area (Å²) in [6, 6.07) is 13.4. The molecule has 0 saturated heterocycles. The van der Waals surface area contributed by atoms with Crippen LogP contribution in [0.4, 0.5) is 13.2 Å². The van der Waals surface area contributed by atoms with Gasteiger partial charge < -0.3 is 5.11 Å². The van der Waals surface area contributed by atoms with E-state index in [0.717, 1.165) is 12.1 Å². The molecule has 0 unspecified atom stereocenters. The molecule has 0 bridgehead atoms. The van der Waals surface area contributed by atoms with Crippen molar-refractivity contribution in [1.82, 2.24) is 0 Å². The van der Waals surface area contributed by atoms with Gasteiger partial charge >= 0.3 is 6.18 Å². The molecule has 0 amide bonds. The number of aliphatic hydroxyl groups is 1. The molecule has 0 aliphatic carbocycles. The molecule has 0 saturated carbocycles. The molecule has 0 radical (unpaired) electrons. The maximum atomic E-state index is 12.5. The van der Waals surface area contributed by atoms with E-state index in [4.69, 9.17) is 0 Å². The fourth-order valence-corrected chi connectivity index (χ4v) is 1.91. The largest absolute Gasteiger partial charge is 0.416 e. The first kappa shape index (κ1) is 13.6. The van der Waals surface area contributed by atoms with Crippen molar-refractivity contribution in [3.05, 3.63) is 71.3 Å². The summed E-state index contributed by atoms with van der Waals surface area (Å²) < 4.78 is 37.4. The number of rotatable bonds is 2. The monoisotopic (exact) mass is 266 g/mol. The van der Waals surface area contributed by atoms with Crippen LogP contribution in [0, 0.1) is 0 Å². The summed E-state index contributed by atoms with van der Waals surface area (Å²) in [5.74, 6) is 0. The number of benzene rings is 2. The topological polar surface area (TPSA) is 20.2 Å². The van der Waals surface area contributed by atoms with Gasteiger partial charge in [-0.3, -0.25) is 0 Å². The predicted octanol–water partition coefficient (Wildman–Crippen LogP) is 3.96. The number of hydrogen-bond acceptors (Lipinski definition) is 1. The third-order valence-corrected chi connectivity index (χ3v) is 3.11. The Hall–Kier alpha value is -1.81. The zero-order valence-corrected chi connectivity index (χ0v) is 10.3. The minimum atomic E-state index is -4.36. The molecule has 1 N–H and O–H groups in total. The van der Waals surface area contributed by atoms with Crippen molar-refractivity contribution in [2.45, 2.75) is 18.7 Å². The molecule has 1 atom stereocenters. The highest BCUT2D eigenvalue weighted by Crippen LogP contribution is 2.33. The number of halogens is 3. The van der Waals surface area contributed by atoms with E-state index >= 15 is 0 Å². The second kappa shape index (κ2) is 4.70. The van der Waals surface area contributed by atoms with Gasteiger partial charge in [0.2, 0.25) is 0 Å². The summed E-state index contributed by atoms with van der Waals surface area (Å²) in [5.41, 5.74) is -0.979. The van der Waals surface area contributed by atoms with Crippen LogP contribution in [0.15, 0.2) is 54.6 Å². The van der Waals surface area contributed by atoms with Crippen LogP contribution in [0.3, 0.4) is 0 Å². The minimum absolute atomic E-state index is 0.423. The summed E-state index contributed by atoms with van der Waals surface area (Å²) in [5, 5.41) is 10.5. The molecule has 4 heteroatoms. The molecule has 100 valence electrons. The van der Waals surface area contributed by atoms with E-state index in [1.807, 2.05) is 6.07 Å². The first-order chi connectivity index (χ1) is 8.82. The molecule has 0 fully saturated rings. The summed E-state index contributed by atoms with van der Waals surface area (Å²) in [6.07, 6.45) is -4.36. The molecular formula is C15H13F3O. The molecule has 2 rings (SSSR count). The van der Waals surface area contributed by atoms with Gasteiger partial charge in [0.1, 0.15) is 5.60 Å². The average Bonchev–Trinajstić information content (AvgIpc) is 2.39. The quantitative estimate of drug-likeness (QED) is 0.872. The van der Waals surface area contributed by atoms with Crippen LogP contribution < -0.4 is 0 Å². The Morgan fingerprint density at radius 1 is 0.737 bits per heavy atom. The van der Waals surface area contributed by atoms with Crippen LogP contribution in [0.2, 0.25) is 0 Å². The molecule has 0 aliphatic rings. The SMILES string of the molecule is C[C@@](O)(c1ccccc1)c1ccc(C(F)(F)F)cc1. The lowest BCUT2D eigenvalue weighted by atomic mass is 9.88. The van der Waals surface area contributed by atoms with Gasteiger partial charge in [-0.2, -0.15) is 13.2 Å². The molecular weight excluding hydrogens is 253 g/mol. The Morgan fingerprint density at radius 2 is 1.16 bits per heavy atom. The van der Waals surface area contributed by atoms with Gasteiger partial charge in [-0.1, -0.05) is 42.5 Å². The standard InChI is InChI=1S/C15H13F3O/c1-14(19,11-5-3-2-4-6-11)12-7-9-13(10-8-12)15(16,17)18/h2-10,19H,1H3/t14-/m1/s1. The Labute approximate surface area is 109 Å². The van der Waals surface area contributed by atoms with Crippen molar-refractivity contribution in [3.63, 3.8) is 0 Å². The van der Waals surface area contributed by atoms with E-state index in [1.54, 1.807) is 31.2 Å². The van der Waals surface area contributed by atoms with Crippen molar-refractivity contribution in [2.24, 2.45) is 0 Å². The highest BCUT2D eigenvalue weighted by atomic mass is 19.4. The third-order valence-electron chi connectivity index (χ3n) is 3.11. The van der Waals surface area contributed by atoms with Crippen LogP contribution in [-0.4, -0.2) is 5.11 Å². The van der Waals surface area contributed by atoms with E-state index < -0.39 is 17.3 Å². The fourth-order valence-electron chi connectivity index (χ4n) is 1.91. The van der Waals surface area contributed by atoms with Crippen LogP contribution in [-0.2, 0) is 11.8 Å².